The Bertz CT molecular complexity index is 1910. The van der Waals surface area contributed by atoms with Crippen LogP contribution >= 0.6 is 11.8 Å². The molecule has 3 N–H and O–H groups in total. The molecule has 0 saturated carbocycles. The highest BCUT2D eigenvalue weighted by atomic mass is 32.2. The van der Waals surface area contributed by atoms with E-state index >= 15 is 0 Å². The van der Waals surface area contributed by atoms with Crippen LogP contribution in [0.2, 0.25) is 0 Å². The lowest BCUT2D eigenvalue weighted by atomic mass is 9.95. The molecule has 1 aliphatic rings. The van der Waals surface area contributed by atoms with Crippen molar-refractivity contribution in [3.63, 3.8) is 0 Å². The predicted octanol–water partition coefficient (Wildman–Crippen LogP) is 5.84. The molecular formula is C37H43N5O6S. The van der Waals surface area contributed by atoms with Crippen molar-refractivity contribution in [1.29, 1.82) is 0 Å². The van der Waals surface area contributed by atoms with Crippen molar-refractivity contribution in [3.8, 4) is 34.1 Å². The third-order valence-electron chi connectivity index (χ3n) is 8.56. The van der Waals surface area contributed by atoms with Crippen molar-refractivity contribution in [2.45, 2.75) is 52.1 Å². The average Bonchev–Trinajstić information content (AvgIpc) is 3.25. The molecule has 2 amide bonds. The zero-order chi connectivity index (χ0) is 35.2. The molecule has 11 nitrogen and oxygen atoms in total. The van der Waals surface area contributed by atoms with Crippen LogP contribution in [0.3, 0.4) is 0 Å². The number of carbonyl (C=O) groups is 2. The quantitative estimate of drug-likeness (QED) is 0.168. The van der Waals surface area contributed by atoms with Gasteiger partial charge in [0.15, 0.2) is 11.5 Å². The van der Waals surface area contributed by atoms with Crippen LogP contribution in [0.4, 0.5) is 11.4 Å². The summed E-state index contributed by atoms with van der Waals surface area (Å²) in [6.45, 7) is 5.40. The predicted molar refractivity (Wildman–Crippen MR) is 195 cm³/mol. The fourth-order valence-electron chi connectivity index (χ4n) is 6.32. The topological polar surface area (TPSA) is 133 Å². The summed E-state index contributed by atoms with van der Waals surface area (Å²) in [5, 5.41) is 13.8. The van der Waals surface area contributed by atoms with Crippen molar-refractivity contribution < 1.29 is 23.8 Å². The first kappa shape index (κ1) is 35.3. The monoisotopic (exact) mass is 685 g/mol. The van der Waals surface area contributed by atoms with Crippen molar-refractivity contribution in [1.82, 2.24) is 15.1 Å². The van der Waals surface area contributed by atoms with Crippen LogP contribution in [0.5, 0.6) is 17.2 Å². The van der Waals surface area contributed by atoms with Crippen LogP contribution in [0.1, 0.15) is 48.3 Å². The second kappa shape index (κ2) is 15.5. The minimum Gasteiger partial charge on any atom is -0.493 e. The van der Waals surface area contributed by atoms with Crippen LogP contribution in [-0.2, 0) is 16.0 Å². The van der Waals surface area contributed by atoms with Crippen LogP contribution < -0.4 is 35.6 Å². The minimum atomic E-state index is -0.699. The molecule has 1 aliphatic carbocycles. The fraction of sp³-hybridized carbons (Fsp3) is 0.351. The third kappa shape index (κ3) is 7.69. The number of rotatable bonds is 12. The Morgan fingerprint density at radius 2 is 1.73 bits per heavy atom. The average molecular weight is 686 g/mol. The Morgan fingerprint density at radius 1 is 1.00 bits per heavy atom. The molecule has 4 aromatic rings. The molecule has 49 heavy (non-hydrogen) atoms. The Morgan fingerprint density at radius 3 is 2.35 bits per heavy atom. The van der Waals surface area contributed by atoms with Crippen LogP contribution in [0.25, 0.3) is 16.8 Å². The summed E-state index contributed by atoms with van der Waals surface area (Å²) in [6, 6.07) is 15.3. The molecule has 1 heterocycles. The normalized spacial score (nSPS) is 14.1. The van der Waals surface area contributed by atoms with Gasteiger partial charge in [-0.15, -0.1) is 0 Å². The Kier molecular flexibility index (Phi) is 11.2. The van der Waals surface area contributed by atoms with Crippen molar-refractivity contribution in [2.24, 2.45) is 0 Å². The summed E-state index contributed by atoms with van der Waals surface area (Å²) in [7, 11) is 4.67. The van der Waals surface area contributed by atoms with E-state index in [9.17, 15) is 14.4 Å². The molecule has 2 atom stereocenters. The fourth-order valence-corrected chi connectivity index (χ4v) is 6.80. The van der Waals surface area contributed by atoms with E-state index in [0.29, 0.717) is 59.1 Å². The molecule has 0 fully saturated rings. The van der Waals surface area contributed by atoms with Crippen molar-refractivity contribution in [2.75, 3.05) is 44.0 Å². The van der Waals surface area contributed by atoms with Gasteiger partial charge in [0, 0.05) is 23.9 Å². The van der Waals surface area contributed by atoms with Gasteiger partial charge in [-0.2, -0.15) is 16.9 Å². The number of nitrogens with one attached hydrogen (secondary N) is 3. The minimum absolute atomic E-state index is 0.210. The lowest BCUT2D eigenvalue weighted by Crippen LogP contribution is -2.36. The van der Waals surface area contributed by atoms with Gasteiger partial charge in [-0.05, 0) is 110 Å². The molecule has 0 saturated heterocycles. The molecule has 12 heteroatoms. The van der Waals surface area contributed by atoms with Gasteiger partial charge in [0.2, 0.25) is 23.0 Å². The smallest absolute Gasteiger partial charge is 0.246 e. The largest absolute Gasteiger partial charge is 0.493 e. The van der Waals surface area contributed by atoms with Gasteiger partial charge in [0.05, 0.1) is 44.4 Å². The van der Waals surface area contributed by atoms with Crippen molar-refractivity contribution >= 4 is 35.0 Å². The second-order valence-electron chi connectivity index (χ2n) is 11.9. The Labute approximate surface area is 290 Å². The van der Waals surface area contributed by atoms with Gasteiger partial charge in [-0.3, -0.25) is 14.4 Å². The highest BCUT2D eigenvalue weighted by Gasteiger charge is 2.30. The number of amides is 2. The van der Waals surface area contributed by atoms with E-state index in [1.807, 2.05) is 67.2 Å². The number of fused-ring (bicyclic) bond motifs is 3. The Balaban J connectivity index is 1.52. The maximum atomic E-state index is 13.9. The van der Waals surface area contributed by atoms with Gasteiger partial charge in [-0.1, -0.05) is 6.07 Å². The summed E-state index contributed by atoms with van der Waals surface area (Å²) in [6.07, 6.45) is 3.59. The van der Waals surface area contributed by atoms with E-state index in [1.54, 1.807) is 45.2 Å². The molecule has 0 spiro atoms. The van der Waals surface area contributed by atoms with Gasteiger partial charge >= 0.3 is 0 Å². The number of aryl methyl sites for hydroxylation is 3. The first-order chi connectivity index (χ1) is 23.6. The van der Waals surface area contributed by atoms with Gasteiger partial charge < -0.3 is 30.2 Å². The maximum Gasteiger partial charge on any atom is 0.246 e. The molecule has 2 unspecified atom stereocenters. The summed E-state index contributed by atoms with van der Waals surface area (Å²) in [5.74, 6) is 1.64. The highest BCUT2D eigenvalue weighted by Crippen LogP contribution is 2.50. The van der Waals surface area contributed by atoms with Gasteiger partial charge in [0.1, 0.15) is 6.04 Å². The summed E-state index contributed by atoms with van der Waals surface area (Å²) < 4.78 is 19.1. The number of ether oxygens (including phenoxy) is 3. The number of hydrogen-bond donors (Lipinski definition) is 3. The number of benzene rings is 2. The number of hydrogen-bond acceptors (Lipinski definition) is 9. The molecule has 0 bridgehead atoms. The number of methoxy groups -OCH3 is 3. The molecule has 5 rings (SSSR count). The number of anilines is 2. The SMILES string of the molecule is COc1cc2c(c(OC)c1OC)-c1ccc(NC(CCSC)C(=O)Nc3ccc(-n4nc(C)cc4C)cc3)c(=O)cc1C(NC(C)=O)CC2. The molecule has 0 radical (unpaired) electrons. The van der Waals surface area contributed by atoms with E-state index in [1.165, 1.54) is 6.92 Å². The summed E-state index contributed by atoms with van der Waals surface area (Å²) >= 11 is 1.62. The van der Waals surface area contributed by atoms with Crippen LogP contribution in [-0.4, -0.2) is 61.0 Å². The molecule has 1 aromatic heterocycles. The number of carbonyl (C=O) groups excluding carboxylic acids is 2. The summed E-state index contributed by atoms with van der Waals surface area (Å²) in [4.78, 5) is 39.9. The zero-order valence-electron chi connectivity index (χ0n) is 28.9. The van der Waals surface area contributed by atoms with Crippen LogP contribution in [0.15, 0.2) is 59.4 Å². The van der Waals surface area contributed by atoms with E-state index in [2.05, 4.69) is 21.0 Å². The zero-order valence-corrected chi connectivity index (χ0v) is 29.7. The first-order valence-electron chi connectivity index (χ1n) is 16.1. The number of nitrogens with zero attached hydrogens (tertiary/aromatic N) is 2. The molecule has 3 aromatic carbocycles. The van der Waals surface area contributed by atoms with E-state index in [4.69, 9.17) is 14.2 Å². The lowest BCUT2D eigenvalue weighted by molar-refractivity contribution is -0.120. The standard InChI is InChI=1S/C37H43N5O6S/c1-21-18-22(2)42(41-21)26-11-9-25(10-12-26)39-37(45)31(16-17-49-7)40-30-15-13-27-28(20-32(30)44)29(38-23(3)43)14-8-24-19-33(46-4)35(47-5)36(48-6)34(24)27/h9-13,15,18-20,29,31H,8,14,16-17H2,1-7H3,(H,38,43)(H,39,45)(H,40,44). The highest BCUT2D eigenvalue weighted by molar-refractivity contribution is 7.98. The molecule has 0 aliphatic heterocycles. The van der Waals surface area contributed by atoms with E-state index in [-0.39, 0.29) is 22.9 Å². The van der Waals surface area contributed by atoms with Gasteiger partial charge in [-0.25, -0.2) is 4.68 Å². The van der Waals surface area contributed by atoms with Crippen LogP contribution in [0, 0.1) is 13.8 Å². The number of aromatic nitrogens is 2. The number of thioether (sulfide) groups is 1. The van der Waals surface area contributed by atoms with E-state index in [0.717, 1.165) is 28.2 Å². The first-order valence-corrected chi connectivity index (χ1v) is 17.4. The maximum absolute atomic E-state index is 13.9. The second-order valence-corrected chi connectivity index (χ2v) is 12.9. The lowest BCUT2D eigenvalue weighted by Gasteiger charge is -2.19. The molecule has 258 valence electrons. The third-order valence-corrected chi connectivity index (χ3v) is 9.21. The van der Waals surface area contributed by atoms with Crippen molar-refractivity contribution in [3.05, 3.63) is 87.3 Å². The molecular weight excluding hydrogens is 643 g/mol. The van der Waals surface area contributed by atoms with E-state index < -0.39 is 12.1 Å². The Hall–Kier alpha value is -4.97. The summed E-state index contributed by atoms with van der Waals surface area (Å²) in [5.41, 5.74) is 6.45. The van der Waals surface area contributed by atoms with Gasteiger partial charge in [0.25, 0.3) is 0 Å².